The highest BCUT2D eigenvalue weighted by atomic mass is 16.2. The zero-order valence-electron chi connectivity index (χ0n) is 16.0. The molecule has 0 bridgehead atoms. The van der Waals surface area contributed by atoms with Gasteiger partial charge >= 0.3 is 0 Å². The number of aryl methyl sites for hydroxylation is 2. The number of piperidine rings is 1. The molecule has 1 atom stereocenters. The fraction of sp³-hybridized carbons (Fsp3) is 0.318. The van der Waals surface area contributed by atoms with Crippen LogP contribution in [-0.2, 0) is 0 Å². The highest BCUT2D eigenvalue weighted by molar-refractivity contribution is 6.08. The van der Waals surface area contributed by atoms with E-state index in [0.717, 1.165) is 40.4 Å². The SMILES string of the molecule is Cc1ccc2c(C(=O)N3CCC[C@@H](C#N)C3)cc(-c3cncnc3)nc2c1C. The first-order valence-corrected chi connectivity index (χ1v) is 9.43. The van der Waals surface area contributed by atoms with Crippen LogP contribution in [0, 0.1) is 31.1 Å². The molecule has 0 saturated carbocycles. The summed E-state index contributed by atoms with van der Waals surface area (Å²) in [5.41, 5.74) is 5.07. The number of carbonyl (C=O) groups excluding carboxylic acids is 1. The van der Waals surface area contributed by atoms with Crippen LogP contribution in [0.15, 0.2) is 36.9 Å². The Hall–Kier alpha value is -3.33. The maximum absolute atomic E-state index is 13.4. The van der Waals surface area contributed by atoms with Crippen LogP contribution >= 0.6 is 0 Å². The van der Waals surface area contributed by atoms with Crippen molar-refractivity contribution in [2.24, 2.45) is 5.92 Å². The molecule has 1 fully saturated rings. The molecule has 3 aromatic rings. The van der Waals surface area contributed by atoms with Gasteiger partial charge in [0.2, 0.25) is 0 Å². The van der Waals surface area contributed by atoms with Crippen LogP contribution in [0.5, 0.6) is 0 Å². The number of likely N-dealkylation sites (tertiary alicyclic amines) is 1. The lowest BCUT2D eigenvalue weighted by atomic mass is 9.96. The van der Waals surface area contributed by atoms with Crippen LogP contribution in [0.1, 0.15) is 34.3 Å². The summed E-state index contributed by atoms with van der Waals surface area (Å²) in [5.74, 6) is -0.148. The van der Waals surface area contributed by atoms with Crippen molar-refractivity contribution in [3.8, 4) is 17.3 Å². The van der Waals surface area contributed by atoms with Gasteiger partial charge in [0.15, 0.2) is 0 Å². The average Bonchev–Trinajstić information content (AvgIpc) is 2.76. The fourth-order valence-corrected chi connectivity index (χ4v) is 3.72. The molecule has 1 saturated heterocycles. The summed E-state index contributed by atoms with van der Waals surface area (Å²) in [6, 6.07) is 8.13. The Morgan fingerprint density at radius 2 is 2.04 bits per heavy atom. The smallest absolute Gasteiger partial charge is 0.254 e. The molecule has 0 aliphatic carbocycles. The van der Waals surface area contributed by atoms with Crippen molar-refractivity contribution in [3.63, 3.8) is 0 Å². The number of nitriles is 1. The fourth-order valence-electron chi connectivity index (χ4n) is 3.72. The first kappa shape index (κ1) is 18.1. The van der Waals surface area contributed by atoms with Gasteiger partial charge in [0.25, 0.3) is 5.91 Å². The van der Waals surface area contributed by atoms with Crippen molar-refractivity contribution in [2.75, 3.05) is 13.1 Å². The Morgan fingerprint density at radius 3 is 2.79 bits per heavy atom. The standard InChI is InChI=1S/C22H21N5O/c1-14-5-6-18-19(22(28)27-7-3-4-16(9-23)12-27)8-20(26-21(18)15(14)2)17-10-24-13-25-11-17/h5-6,8,10-11,13,16H,3-4,7,12H2,1-2H3/t16-/m0/s1. The molecule has 4 rings (SSSR count). The van der Waals surface area contributed by atoms with Gasteiger partial charge in [-0.1, -0.05) is 12.1 Å². The Balaban J connectivity index is 1.88. The van der Waals surface area contributed by atoms with Gasteiger partial charge in [0.1, 0.15) is 6.33 Å². The Bertz CT molecular complexity index is 1090. The summed E-state index contributed by atoms with van der Waals surface area (Å²) >= 11 is 0. The molecular formula is C22H21N5O. The number of nitrogens with zero attached hydrogens (tertiary/aromatic N) is 5. The molecular weight excluding hydrogens is 350 g/mol. The Morgan fingerprint density at radius 1 is 1.25 bits per heavy atom. The molecule has 2 aromatic heterocycles. The number of benzene rings is 1. The van der Waals surface area contributed by atoms with Crippen molar-refractivity contribution < 1.29 is 4.79 Å². The minimum absolute atomic E-state index is 0.0475. The van der Waals surface area contributed by atoms with Crippen molar-refractivity contribution in [1.29, 1.82) is 5.26 Å². The van der Waals surface area contributed by atoms with E-state index in [1.165, 1.54) is 6.33 Å². The summed E-state index contributed by atoms with van der Waals surface area (Å²) in [4.78, 5) is 28.2. The van der Waals surface area contributed by atoms with Gasteiger partial charge < -0.3 is 4.90 Å². The maximum atomic E-state index is 13.4. The van der Waals surface area contributed by atoms with Crippen molar-refractivity contribution in [2.45, 2.75) is 26.7 Å². The number of amides is 1. The van der Waals surface area contributed by atoms with Crippen molar-refractivity contribution >= 4 is 16.8 Å². The molecule has 1 aliphatic heterocycles. The lowest BCUT2D eigenvalue weighted by Gasteiger charge is -2.30. The molecule has 0 spiro atoms. The molecule has 3 heterocycles. The number of carbonyl (C=O) groups is 1. The maximum Gasteiger partial charge on any atom is 0.254 e. The summed E-state index contributed by atoms with van der Waals surface area (Å²) in [6.07, 6.45) is 6.58. The van der Waals surface area contributed by atoms with E-state index in [9.17, 15) is 10.1 Å². The van der Waals surface area contributed by atoms with Crippen LogP contribution in [0.2, 0.25) is 0 Å². The first-order chi connectivity index (χ1) is 13.6. The highest BCUT2D eigenvalue weighted by Crippen LogP contribution is 2.29. The number of hydrogen-bond acceptors (Lipinski definition) is 5. The van der Waals surface area contributed by atoms with Gasteiger partial charge in [-0.05, 0) is 43.9 Å². The van der Waals surface area contributed by atoms with Gasteiger partial charge in [-0.25, -0.2) is 15.0 Å². The van der Waals surface area contributed by atoms with Gasteiger partial charge in [0, 0.05) is 36.4 Å². The number of rotatable bonds is 2. The van der Waals surface area contributed by atoms with Crippen molar-refractivity contribution in [1.82, 2.24) is 19.9 Å². The molecule has 0 radical (unpaired) electrons. The van der Waals surface area contributed by atoms with E-state index in [-0.39, 0.29) is 11.8 Å². The van der Waals surface area contributed by atoms with E-state index in [0.29, 0.717) is 24.3 Å². The zero-order valence-corrected chi connectivity index (χ0v) is 16.0. The van der Waals surface area contributed by atoms with E-state index in [2.05, 4.69) is 16.0 Å². The minimum Gasteiger partial charge on any atom is -0.337 e. The average molecular weight is 371 g/mol. The summed E-state index contributed by atoms with van der Waals surface area (Å²) in [5, 5.41) is 10.1. The number of fused-ring (bicyclic) bond motifs is 1. The summed E-state index contributed by atoms with van der Waals surface area (Å²) in [7, 11) is 0. The van der Waals surface area contributed by atoms with Crippen LogP contribution < -0.4 is 0 Å². The minimum atomic E-state index is -0.100. The normalized spacial score (nSPS) is 16.8. The number of pyridine rings is 1. The monoisotopic (exact) mass is 371 g/mol. The van der Waals surface area contributed by atoms with Crippen LogP contribution in [0.4, 0.5) is 0 Å². The van der Waals surface area contributed by atoms with Crippen LogP contribution in [0.3, 0.4) is 0 Å². The van der Waals surface area contributed by atoms with Gasteiger partial charge in [-0.2, -0.15) is 5.26 Å². The van der Waals surface area contributed by atoms with Gasteiger partial charge in [-0.15, -0.1) is 0 Å². The van der Waals surface area contributed by atoms with E-state index < -0.39 is 0 Å². The third-order valence-electron chi connectivity index (χ3n) is 5.48. The molecule has 6 nitrogen and oxygen atoms in total. The quantitative estimate of drug-likeness (QED) is 0.686. The third kappa shape index (κ3) is 3.20. The summed E-state index contributed by atoms with van der Waals surface area (Å²) < 4.78 is 0. The molecule has 1 amide bonds. The molecule has 1 aromatic carbocycles. The molecule has 6 heteroatoms. The second-order valence-electron chi connectivity index (χ2n) is 7.31. The molecule has 0 N–H and O–H groups in total. The first-order valence-electron chi connectivity index (χ1n) is 9.43. The van der Waals surface area contributed by atoms with E-state index in [1.807, 2.05) is 32.0 Å². The summed E-state index contributed by atoms with van der Waals surface area (Å²) in [6.45, 7) is 5.22. The van der Waals surface area contributed by atoms with Crippen molar-refractivity contribution in [3.05, 3.63) is 53.6 Å². The third-order valence-corrected chi connectivity index (χ3v) is 5.48. The Labute approximate surface area is 163 Å². The zero-order chi connectivity index (χ0) is 19.7. The molecule has 0 unspecified atom stereocenters. The Kier molecular flexibility index (Phi) is 4.74. The number of aromatic nitrogens is 3. The van der Waals surface area contributed by atoms with Crippen LogP contribution in [0.25, 0.3) is 22.2 Å². The lowest BCUT2D eigenvalue weighted by Crippen LogP contribution is -2.39. The molecule has 140 valence electrons. The molecule has 28 heavy (non-hydrogen) atoms. The van der Waals surface area contributed by atoms with E-state index in [4.69, 9.17) is 4.98 Å². The second-order valence-corrected chi connectivity index (χ2v) is 7.31. The topological polar surface area (TPSA) is 82.8 Å². The van der Waals surface area contributed by atoms with E-state index in [1.54, 1.807) is 17.3 Å². The second kappa shape index (κ2) is 7.35. The predicted octanol–water partition coefficient (Wildman–Crippen LogP) is 3.68. The van der Waals surface area contributed by atoms with Gasteiger partial charge in [0.05, 0.1) is 28.8 Å². The largest absolute Gasteiger partial charge is 0.337 e. The number of hydrogen-bond donors (Lipinski definition) is 0. The van der Waals surface area contributed by atoms with Gasteiger partial charge in [-0.3, -0.25) is 4.79 Å². The lowest BCUT2D eigenvalue weighted by molar-refractivity contribution is 0.0701. The predicted molar refractivity (Wildman–Crippen MR) is 106 cm³/mol. The van der Waals surface area contributed by atoms with E-state index >= 15 is 0 Å². The van der Waals surface area contributed by atoms with Crippen LogP contribution in [-0.4, -0.2) is 38.8 Å². The molecule has 1 aliphatic rings. The highest BCUT2D eigenvalue weighted by Gasteiger charge is 2.26.